The molecule has 3 rings (SSSR count). The minimum Gasteiger partial charge on any atom is -0.465 e. The number of carbonyl (C=O) groups is 1. The summed E-state index contributed by atoms with van der Waals surface area (Å²) < 4.78 is 60.3. The zero-order valence-corrected chi connectivity index (χ0v) is 14.1. The van der Waals surface area contributed by atoms with Gasteiger partial charge in [0.2, 0.25) is 5.91 Å². The first-order valence-electron chi connectivity index (χ1n) is 7.67. The molecule has 9 heteroatoms. The van der Waals surface area contributed by atoms with E-state index in [1.165, 1.54) is 23.3 Å². The van der Waals surface area contributed by atoms with Gasteiger partial charge in [-0.3, -0.25) is 4.79 Å². The van der Waals surface area contributed by atoms with Crippen LogP contribution < -0.4 is 4.90 Å². The number of nitrogens with zero attached hydrogens (tertiary/aromatic N) is 2. The summed E-state index contributed by atoms with van der Waals surface area (Å²) in [5.74, 6) is -6.18. The van der Waals surface area contributed by atoms with Crippen LogP contribution in [0.15, 0.2) is 28.9 Å². The summed E-state index contributed by atoms with van der Waals surface area (Å²) in [7, 11) is 0. The number of piperazine rings is 1. The lowest BCUT2D eigenvalue weighted by atomic mass is 10.2. The Labute approximate surface area is 151 Å². The Hall–Kier alpha value is -2.48. The van der Waals surface area contributed by atoms with Crippen molar-refractivity contribution < 1.29 is 26.8 Å². The molecule has 1 saturated heterocycles. The normalized spacial score (nSPS) is 15.1. The summed E-state index contributed by atoms with van der Waals surface area (Å²) in [6.07, 6.45) is 4.28. The van der Waals surface area contributed by atoms with Crippen LogP contribution in [0.2, 0.25) is 5.02 Å². The second kappa shape index (κ2) is 7.41. The number of anilines is 1. The quantitative estimate of drug-likeness (QED) is 0.347. The van der Waals surface area contributed by atoms with Gasteiger partial charge in [0, 0.05) is 32.3 Å². The molecule has 138 valence electrons. The Morgan fingerprint density at radius 2 is 1.65 bits per heavy atom. The molecule has 0 aliphatic carbocycles. The fourth-order valence-electron chi connectivity index (χ4n) is 2.67. The number of furan rings is 1. The van der Waals surface area contributed by atoms with Crippen molar-refractivity contribution in [2.75, 3.05) is 31.1 Å². The molecule has 0 radical (unpaired) electrons. The Balaban J connectivity index is 1.70. The van der Waals surface area contributed by atoms with Crippen molar-refractivity contribution in [2.24, 2.45) is 0 Å². The summed E-state index contributed by atoms with van der Waals surface area (Å²) in [5.41, 5.74) is -0.817. The second-order valence-corrected chi connectivity index (χ2v) is 5.96. The third kappa shape index (κ3) is 3.41. The summed E-state index contributed by atoms with van der Waals surface area (Å²) >= 11 is 5.22. The van der Waals surface area contributed by atoms with Crippen LogP contribution in [0.5, 0.6) is 0 Å². The number of hydrogen-bond donors (Lipinski definition) is 0. The molecule has 0 saturated carbocycles. The summed E-state index contributed by atoms with van der Waals surface area (Å²) in [6.45, 7) is 0.279. The van der Waals surface area contributed by atoms with Gasteiger partial charge in [-0.2, -0.15) is 0 Å². The predicted molar refractivity (Wildman–Crippen MR) is 87.8 cm³/mol. The van der Waals surface area contributed by atoms with Crippen molar-refractivity contribution in [3.63, 3.8) is 0 Å². The molecule has 26 heavy (non-hydrogen) atoms. The molecule has 1 amide bonds. The average Bonchev–Trinajstić information content (AvgIpc) is 3.17. The van der Waals surface area contributed by atoms with Gasteiger partial charge in [0.05, 0.1) is 6.26 Å². The Kier molecular flexibility index (Phi) is 5.22. The van der Waals surface area contributed by atoms with Crippen LogP contribution >= 0.6 is 11.6 Å². The first-order valence-corrected chi connectivity index (χ1v) is 8.04. The van der Waals surface area contributed by atoms with E-state index in [9.17, 15) is 22.4 Å². The first-order chi connectivity index (χ1) is 12.4. The highest BCUT2D eigenvalue weighted by atomic mass is 35.5. The van der Waals surface area contributed by atoms with Crippen molar-refractivity contribution in [3.8, 4) is 0 Å². The lowest BCUT2D eigenvalue weighted by Gasteiger charge is -2.36. The van der Waals surface area contributed by atoms with Gasteiger partial charge in [0.25, 0.3) is 0 Å². The zero-order chi connectivity index (χ0) is 18.8. The van der Waals surface area contributed by atoms with E-state index in [0.29, 0.717) is 5.76 Å². The third-order valence-electron chi connectivity index (χ3n) is 4.03. The van der Waals surface area contributed by atoms with Crippen LogP contribution in [-0.4, -0.2) is 37.0 Å². The molecular weight excluding hydrogens is 376 g/mol. The van der Waals surface area contributed by atoms with Gasteiger partial charge in [-0.05, 0) is 18.2 Å². The van der Waals surface area contributed by atoms with Crippen molar-refractivity contribution in [3.05, 3.63) is 58.5 Å². The van der Waals surface area contributed by atoms with Crippen LogP contribution in [0.3, 0.4) is 0 Å². The maximum atomic E-state index is 14.0. The number of halogens is 5. The zero-order valence-electron chi connectivity index (χ0n) is 13.3. The Morgan fingerprint density at radius 1 is 1.04 bits per heavy atom. The van der Waals surface area contributed by atoms with E-state index in [1.54, 1.807) is 12.1 Å². The molecule has 0 N–H and O–H groups in total. The third-order valence-corrected chi connectivity index (χ3v) is 4.36. The maximum absolute atomic E-state index is 14.0. The summed E-state index contributed by atoms with van der Waals surface area (Å²) in [5, 5.41) is -1.22. The SMILES string of the molecule is O=C(/C=C/c1ccco1)N1CCN(c2c(F)c(F)c(Cl)c(F)c2F)CC1. The van der Waals surface area contributed by atoms with Gasteiger partial charge in [0.1, 0.15) is 16.5 Å². The molecule has 0 spiro atoms. The minimum atomic E-state index is -1.64. The number of rotatable bonds is 3. The van der Waals surface area contributed by atoms with E-state index in [4.69, 9.17) is 16.0 Å². The fraction of sp³-hybridized carbons (Fsp3) is 0.235. The van der Waals surface area contributed by atoms with Gasteiger partial charge in [0.15, 0.2) is 23.3 Å². The lowest BCUT2D eigenvalue weighted by molar-refractivity contribution is -0.126. The highest BCUT2D eigenvalue weighted by molar-refractivity contribution is 6.31. The van der Waals surface area contributed by atoms with Crippen molar-refractivity contribution in [1.29, 1.82) is 0 Å². The van der Waals surface area contributed by atoms with E-state index in [2.05, 4.69) is 0 Å². The monoisotopic (exact) mass is 388 g/mol. The summed E-state index contributed by atoms with van der Waals surface area (Å²) in [4.78, 5) is 14.7. The van der Waals surface area contributed by atoms with Gasteiger partial charge in [-0.25, -0.2) is 17.6 Å². The van der Waals surface area contributed by atoms with E-state index >= 15 is 0 Å². The highest BCUT2D eigenvalue weighted by Gasteiger charge is 2.30. The maximum Gasteiger partial charge on any atom is 0.246 e. The predicted octanol–water partition coefficient (Wildman–Crippen LogP) is 3.85. The molecule has 2 aromatic rings. The average molecular weight is 389 g/mol. The second-order valence-electron chi connectivity index (χ2n) is 5.58. The van der Waals surface area contributed by atoms with Gasteiger partial charge in [-0.15, -0.1) is 0 Å². The minimum absolute atomic E-state index is 0.00862. The van der Waals surface area contributed by atoms with E-state index in [-0.39, 0.29) is 32.1 Å². The van der Waals surface area contributed by atoms with Crippen LogP contribution in [0, 0.1) is 23.3 Å². The largest absolute Gasteiger partial charge is 0.465 e. The fourth-order valence-corrected chi connectivity index (χ4v) is 2.83. The van der Waals surface area contributed by atoms with Crippen LogP contribution in [0.25, 0.3) is 6.08 Å². The molecule has 4 nitrogen and oxygen atoms in total. The lowest BCUT2D eigenvalue weighted by Crippen LogP contribution is -2.49. The molecule has 1 aliphatic heterocycles. The van der Waals surface area contributed by atoms with E-state index < -0.39 is 34.0 Å². The van der Waals surface area contributed by atoms with Crippen LogP contribution in [0.1, 0.15) is 5.76 Å². The van der Waals surface area contributed by atoms with Crippen LogP contribution in [-0.2, 0) is 4.79 Å². The smallest absolute Gasteiger partial charge is 0.246 e. The highest BCUT2D eigenvalue weighted by Crippen LogP contribution is 2.33. The van der Waals surface area contributed by atoms with Crippen molar-refractivity contribution in [2.45, 2.75) is 0 Å². The van der Waals surface area contributed by atoms with Gasteiger partial charge in [-0.1, -0.05) is 11.6 Å². The summed E-state index contributed by atoms with van der Waals surface area (Å²) in [6, 6.07) is 3.35. The van der Waals surface area contributed by atoms with Crippen molar-refractivity contribution >= 4 is 29.3 Å². The molecule has 0 bridgehead atoms. The van der Waals surface area contributed by atoms with Crippen LogP contribution in [0.4, 0.5) is 23.2 Å². The van der Waals surface area contributed by atoms with E-state index in [0.717, 1.165) is 4.90 Å². The molecule has 1 aliphatic rings. The molecule has 0 unspecified atom stereocenters. The molecule has 1 aromatic carbocycles. The standard InChI is InChI=1S/C17H13ClF4N2O2/c18-12-13(19)15(21)17(16(22)14(12)20)24-7-5-23(6-8-24)11(25)4-3-10-2-1-9-26-10/h1-4,9H,5-8H2/b4-3+. The van der Waals surface area contributed by atoms with Gasteiger partial charge >= 0.3 is 0 Å². The van der Waals surface area contributed by atoms with Gasteiger partial charge < -0.3 is 14.2 Å². The number of carbonyl (C=O) groups excluding carboxylic acids is 1. The topological polar surface area (TPSA) is 36.7 Å². The molecule has 1 fully saturated rings. The molecular formula is C17H13ClF4N2O2. The number of benzene rings is 1. The molecule has 2 heterocycles. The molecule has 1 aromatic heterocycles. The van der Waals surface area contributed by atoms with E-state index in [1.807, 2.05) is 0 Å². The first kappa shape index (κ1) is 18.3. The van der Waals surface area contributed by atoms with Crippen molar-refractivity contribution in [1.82, 2.24) is 4.90 Å². The number of amides is 1. The Bertz CT molecular complexity index is 818. The molecule has 0 atom stereocenters. The number of hydrogen-bond acceptors (Lipinski definition) is 3. The Morgan fingerprint density at radius 3 is 2.19 bits per heavy atom.